The van der Waals surface area contributed by atoms with Crippen molar-refractivity contribution < 1.29 is 4.79 Å². The van der Waals surface area contributed by atoms with E-state index in [4.69, 9.17) is 0 Å². The Balaban J connectivity index is 2.86. The molecule has 1 heterocycles. The number of amides is 1. The first kappa shape index (κ1) is 9.64. The molecule has 4 heteroatoms. The second-order valence-corrected chi connectivity index (χ2v) is 2.97. The maximum absolute atomic E-state index is 11.3. The molecule has 0 spiro atoms. The molecule has 4 nitrogen and oxygen atoms in total. The number of carbonyl (C=O) groups excluding carboxylic acids is 1. The lowest BCUT2D eigenvalue weighted by Crippen LogP contribution is -2.23. The van der Waals surface area contributed by atoms with E-state index in [9.17, 15) is 4.79 Å². The Hall–Kier alpha value is -1.45. The van der Waals surface area contributed by atoms with Gasteiger partial charge in [0.25, 0.3) is 5.91 Å². The molecule has 0 fully saturated rings. The average molecular weight is 179 g/mol. The fourth-order valence-electron chi connectivity index (χ4n) is 0.848. The average Bonchev–Trinajstić information content (AvgIpc) is 2.17. The van der Waals surface area contributed by atoms with Crippen molar-refractivity contribution in [1.82, 2.24) is 14.9 Å². The van der Waals surface area contributed by atoms with Gasteiger partial charge in [-0.15, -0.1) is 0 Å². The highest BCUT2D eigenvalue weighted by molar-refractivity contribution is 5.89. The smallest absolute Gasteiger partial charge is 0.291 e. The highest BCUT2D eigenvalue weighted by Gasteiger charge is 2.09. The molecule has 1 amide bonds. The van der Waals surface area contributed by atoms with E-state index < -0.39 is 0 Å². The molecule has 70 valence electrons. The Bertz CT molecular complexity index is 292. The van der Waals surface area contributed by atoms with Crippen LogP contribution in [0.5, 0.6) is 0 Å². The molecule has 1 rings (SSSR count). The Labute approximate surface area is 77.6 Å². The summed E-state index contributed by atoms with van der Waals surface area (Å²) in [5, 5.41) is 0. The van der Waals surface area contributed by atoms with Crippen molar-refractivity contribution in [3.63, 3.8) is 0 Å². The van der Waals surface area contributed by atoms with Crippen molar-refractivity contribution in [3.05, 3.63) is 23.8 Å². The monoisotopic (exact) mass is 179 g/mol. The van der Waals surface area contributed by atoms with Crippen LogP contribution >= 0.6 is 0 Å². The third-order valence-corrected chi connectivity index (χ3v) is 1.71. The molecular formula is C9H13N3O. The second kappa shape index (κ2) is 3.98. The largest absolute Gasteiger partial charge is 0.342 e. The highest BCUT2D eigenvalue weighted by atomic mass is 16.2. The van der Waals surface area contributed by atoms with E-state index >= 15 is 0 Å². The van der Waals surface area contributed by atoms with Crippen LogP contribution in [0.1, 0.15) is 23.1 Å². The minimum Gasteiger partial charge on any atom is -0.342 e. The maximum atomic E-state index is 11.3. The van der Waals surface area contributed by atoms with Crippen molar-refractivity contribution in [2.75, 3.05) is 14.1 Å². The first-order chi connectivity index (χ1) is 6.15. The van der Waals surface area contributed by atoms with Crippen LogP contribution in [0.25, 0.3) is 0 Å². The predicted octanol–water partition coefficient (Wildman–Crippen LogP) is 0.741. The normalized spacial score (nSPS) is 9.77. The topological polar surface area (TPSA) is 46.1 Å². The molecule has 0 aliphatic carbocycles. The van der Waals surface area contributed by atoms with Gasteiger partial charge in [-0.1, -0.05) is 6.92 Å². The van der Waals surface area contributed by atoms with E-state index in [-0.39, 0.29) is 11.7 Å². The molecule has 0 aliphatic rings. The number of hydrogen-bond donors (Lipinski definition) is 0. The number of hydrogen-bond acceptors (Lipinski definition) is 3. The predicted molar refractivity (Wildman–Crippen MR) is 49.4 cm³/mol. The molecule has 0 aromatic carbocycles. The van der Waals surface area contributed by atoms with E-state index in [1.165, 1.54) is 4.90 Å². The van der Waals surface area contributed by atoms with Gasteiger partial charge in [0.2, 0.25) is 5.82 Å². The third-order valence-electron chi connectivity index (χ3n) is 1.71. The van der Waals surface area contributed by atoms with Crippen LogP contribution in [0.2, 0.25) is 0 Å². The summed E-state index contributed by atoms with van der Waals surface area (Å²) in [4.78, 5) is 20.7. The standard InChI is InChI=1S/C9H13N3O/c1-4-7-5-10-8(11-6-7)9(13)12(2)3/h5-6H,4H2,1-3H3. The first-order valence-electron chi connectivity index (χ1n) is 4.17. The molecule has 0 N–H and O–H groups in total. The van der Waals surface area contributed by atoms with Gasteiger partial charge in [0.05, 0.1) is 0 Å². The molecule has 0 aliphatic heterocycles. The zero-order chi connectivity index (χ0) is 9.84. The summed E-state index contributed by atoms with van der Waals surface area (Å²) in [6, 6.07) is 0. The lowest BCUT2D eigenvalue weighted by Gasteiger charge is -2.08. The number of nitrogens with zero attached hydrogens (tertiary/aromatic N) is 3. The lowest BCUT2D eigenvalue weighted by atomic mass is 10.3. The van der Waals surface area contributed by atoms with Crippen LogP contribution < -0.4 is 0 Å². The Morgan fingerprint density at radius 3 is 2.31 bits per heavy atom. The fraction of sp³-hybridized carbons (Fsp3) is 0.444. The van der Waals surface area contributed by atoms with Crippen molar-refractivity contribution in [2.24, 2.45) is 0 Å². The van der Waals surface area contributed by atoms with Crippen molar-refractivity contribution in [3.8, 4) is 0 Å². The molecule has 0 atom stereocenters. The van der Waals surface area contributed by atoms with Gasteiger partial charge in [-0.05, 0) is 12.0 Å². The fourth-order valence-corrected chi connectivity index (χ4v) is 0.848. The molecule has 0 bridgehead atoms. The van der Waals surface area contributed by atoms with Crippen molar-refractivity contribution in [2.45, 2.75) is 13.3 Å². The zero-order valence-electron chi connectivity index (χ0n) is 8.11. The molecule has 0 radical (unpaired) electrons. The Morgan fingerprint density at radius 1 is 1.38 bits per heavy atom. The second-order valence-electron chi connectivity index (χ2n) is 2.97. The van der Waals surface area contributed by atoms with Gasteiger partial charge in [0.1, 0.15) is 0 Å². The van der Waals surface area contributed by atoms with E-state index in [1.54, 1.807) is 26.5 Å². The number of aryl methyl sites for hydroxylation is 1. The van der Waals surface area contributed by atoms with Gasteiger partial charge in [-0.2, -0.15) is 0 Å². The Kier molecular flexibility index (Phi) is 2.95. The van der Waals surface area contributed by atoms with Crippen LogP contribution in [0.15, 0.2) is 12.4 Å². The van der Waals surface area contributed by atoms with Gasteiger partial charge in [0.15, 0.2) is 0 Å². The highest BCUT2D eigenvalue weighted by Crippen LogP contribution is 1.98. The quantitative estimate of drug-likeness (QED) is 0.672. The van der Waals surface area contributed by atoms with E-state index in [1.807, 2.05) is 6.92 Å². The van der Waals surface area contributed by atoms with E-state index in [0.717, 1.165) is 12.0 Å². The maximum Gasteiger partial charge on any atom is 0.291 e. The van der Waals surface area contributed by atoms with Crippen LogP contribution in [0.4, 0.5) is 0 Å². The minimum atomic E-state index is -0.164. The number of rotatable bonds is 2. The Morgan fingerprint density at radius 2 is 1.92 bits per heavy atom. The molecule has 0 saturated heterocycles. The SMILES string of the molecule is CCc1cnc(C(=O)N(C)C)nc1. The van der Waals surface area contributed by atoms with Crippen molar-refractivity contribution in [1.29, 1.82) is 0 Å². The molecule has 13 heavy (non-hydrogen) atoms. The summed E-state index contributed by atoms with van der Waals surface area (Å²) in [5.41, 5.74) is 1.04. The summed E-state index contributed by atoms with van der Waals surface area (Å²) in [5.74, 6) is 0.0878. The first-order valence-corrected chi connectivity index (χ1v) is 4.17. The van der Waals surface area contributed by atoms with Crippen LogP contribution in [-0.2, 0) is 6.42 Å². The molecule has 0 saturated carbocycles. The van der Waals surface area contributed by atoms with Crippen LogP contribution in [-0.4, -0.2) is 34.9 Å². The van der Waals surface area contributed by atoms with Gasteiger partial charge >= 0.3 is 0 Å². The number of aromatic nitrogens is 2. The molecule has 0 unspecified atom stereocenters. The van der Waals surface area contributed by atoms with E-state index in [0.29, 0.717) is 0 Å². The van der Waals surface area contributed by atoms with Crippen LogP contribution in [0, 0.1) is 0 Å². The summed E-state index contributed by atoms with van der Waals surface area (Å²) in [7, 11) is 3.36. The van der Waals surface area contributed by atoms with Gasteiger partial charge in [0, 0.05) is 26.5 Å². The minimum absolute atomic E-state index is 0.164. The molecular weight excluding hydrogens is 166 g/mol. The van der Waals surface area contributed by atoms with Crippen molar-refractivity contribution >= 4 is 5.91 Å². The van der Waals surface area contributed by atoms with Gasteiger partial charge in [-0.3, -0.25) is 4.79 Å². The molecule has 1 aromatic rings. The summed E-state index contributed by atoms with van der Waals surface area (Å²) < 4.78 is 0. The third kappa shape index (κ3) is 2.24. The number of carbonyl (C=O) groups is 1. The summed E-state index contributed by atoms with van der Waals surface area (Å²) in [6.07, 6.45) is 4.25. The van der Waals surface area contributed by atoms with Crippen LogP contribution in [0.3, 0.4) is 0 Å². The summed E-state index contributed by atoms with van der Waals surface area (Å²) >= 11 is 0. The molecule has 1 aromatic heterocycles. The van der Waals surface area contributed by atoms with Gasteiger partial charge in [-0.25, -0.2) is 9.97 Å². The van der Waals surface area contributed by atoms with E-state index in [2.05, 4.69) is 9.97 Å². The summed E-state index contributed by atoms with van der Waals surface area (Å²) in [6.45, 7) is 2.02. The zero-order valence-corrected chi connectivity index (χ0v) is 8.11. The lowest BCUT2D eigenvalue weighted by molar-refractivity contribution is 0.0815. The van der Waals surface area contributed by atoms with Gasteiger partial charge < -0.3 is 4.90 Å².